The Labute approximate surface area is 410 Å². The van der Waals surface area contributed by atoms with Crippen LogP contribution in [0.15, 0.2) is 173 Å². The molecule has 2 aromatic heterocycles. The lowest BCUT2D eigenvalue weighted by molar-refractivity contribution is 0.475. The smallest absolute Gasteiger partial charge is 0.159 e. The first-order valence-corrected chi connectivity index (χ1v) is 25.0. The molecule has 0 atom stereocenters. The van der Waals surface area contributed by atoms with Gasteiger partial charge in [-0.05, 0) is 147 Å². The molecule has 0 aliphatic heterocycles. The van der Waals surface area contributed by atoms with E-state index in [0.29, 0.717) is 0 Å². The van der Waals surface area contributed by atoms with Gasteiger partial charge in [0.1, 0.15) is 11.2 Å². The predicted molar refractivity (Wildman–Crippen MR) is 298 cm³/mol. The molecule has 4 nitrogen and oxygen atoms in total. The van der Waals surface area contributed by atoms with Crippen LogP contribution in [0.1, 0.15) is 89.6 Å². The molecule has 10 aromatic carbocycles. The summed E-state index contributed by atoms with van der Waals surface area (Å²) >= 11 is 0. The van der Waals surface area contributed by atoms with Gasteiger partial charge in [0.25, 0.3) is 0 Å². The maximum atomic E-state index is 6.89. The maximum absolute atomic E-state index is 6.89. The summed E-state index contributed by atoms with van der Waals surface area (Å²) in [6.07, 6.45) is 2.03. The van der Waals surface area contributed by atoms with Crippen LogP contribution in [0.4, 0.5) is 34.1 Å². The Morgan fingerprint density at radius 3 is 1.44 bits per heavy atom. The van der Waals surface area contributed by atoms with Gasteiger partial charge in [-0.3, -0.25) is 0 Å². The van der Waals surface area contributed by atoms with Crippen LogP contribution < -0.4 is 9.80 Å². The molecule has 1 aliphatic rings. The second-order valence-corrected chi connectivity index (χ2v) is 22.7. The number of nitrogens with zero attached hydrogens (tertiary/aromatic N) is 2. The number of para-hydroxylation sites is 4. The molecular weight excluding hydrogens is 853 g/mol. The predicted octanol–water partition coefficient (Wildman–Crippen LogP) is 19.4. The fraction of sp³-hybridized carbons (Fsp3) is 0.212. The molecule has 0 N–H and O–H groups in total. The number of anilines is 6. The Kier molecular flexibility index (Phi) is 9.10. The average Bonchev–Trinajstić information content (AvgIpc) is 3.93. The van der Waals surface area contributed by atoms with Crippen LogP contribution in [-0.2, 0) is 22.7 Å². The largest absolute Gasteiger partial charge is 0.454 e. The molecule has 70 heavy (non-hydrogen) atoms. The summed E-state index contributed by atoms with van der Waals surface area (Å²) in [5, 5.41) is 12.2. The fourth-order valence-electron chi connectivity index (χ4n) is 11.9. The second-order valence-electron chi connectivity index (χ2n) is 22.7. The van der Waals surface area contributed by atoms with Crippen LogP contribution in [0.3, 0.4) is 0 Å². The molecule has 13 rings (SSSR count). The molecule has 0 radical (unpaired) electrons. The minimum absolute atomic E-state index is 0.00774. The van der Waals surface area contributed by atoms with E-state index in [4.69, 9.17) is 8.83 Å². The normalized spacial score (nSPS) is 14.1. The van der Waals surface area contributed by atoms with Gasteiger partial charge in [0, 0.05) is 49.1 Å². The summed E-state index contributed by atoms with van der Waals surface area (Å²) in [5.74, 6) is 0. The first kappa shape index (κ1) is 42.5. The first-order chi connectivity index (χ1) is 33.6. The Hall–Kier alpha value is -7.56. The Morgan fingerprint density at radius 1 is 0.429 bits per heavy atom. The molecule has 0 saturated carbocycles. The van der Waals surface area contributed by atoms with Gasteiger partial charge in [0.05, 0.1) is 22.7 Å². The van der Waals surface area contributed by atoms with Gasteiger partial charge in [-0.1, -0.05) is 152 Å². The minimum Gasteiger partial charge on any atom is -0.454 e. The summed E-state index contributed by atoms with van der Waals surface area (Å²) in [5.41, 5.74) is 16.7. The monoisotopic (exact) mass is 910 g/mol. The van der Waals surface area contributed by atoms with Crippen LogP contribution in [0.5, 0.6) is 0 Å². The molecule has 1 aliphatic carbocycles. The fourth-order valence-corrected chi connectivity index (χ4v) is 11.9. The van der Waals surface area contributed by atoms with E-state index in [9.17, 15) is 0 Å². The number of hydrogen-bond acceptors (Lipinski definition) is 4. The summed E-state index contributed by atoms with van der Waals surface area (Å²) in [6.45, 7) is 20.9. The van der Waals surface area contributed by atoms with Crippen molar-refractivity contribution in [3.8, 4) is 0 Å². The highest BCUT2D eigenvalue weighted by Gasteiger charge is 2.34. The van der Waals surface area contributed by atoms with E-state index in [2.05, 4.69) is 236 Å². The third-order valence-corrected chi connectivity index (χ3v) is 15.7. The quantitative estimate of drug-likeness (QED) is 0.156. The van der Waals surface area contributed by atoms with Crippen molar-refractivity contribution < 1.29 is 8.83 Å². The number of benzene rings is 10. The van der Waals surface area contributed by atoms with Crippen molar-refractivity contribution in [3.63, 3.8) is 0 Å². The third-order valence-electron chi connectivity index (χ3n) is 15.7. The van der Waals surface area contributed by atoms with Crippen molar-refractivity contribution in [2.75, 3.05) is 9.80 Å². The van der Waals surface area contributed by atoms with Gasteiger partial charge in [0.15, 0.2) is 11.2 Å². The highest BCUT2D eigenvalue weighted by molar-refractivity contribution is 6.31. The molecule has 2 heterocycles. The highest BCUT2D eigenvalue weighted by Crippen LogP contribution is 2.55. The first-order valence-electron chi connectivity index (χ1n) is 25.0. The standard InChI is InChI=1S/C66H58N2O2/c1-39-36-55(67(43-28-24-41(25-29-43)64(2,3)4)53-20-14-18-48-46-16-10-12-22-57(46)69-62(48)53)51-38-52-59-40(34-35-66(52,8)9)37-56(50-33-32-45(39)60(51)61(50)59)68(44-30-26-42(27-31-44)65(5,6)7)54-21-15-19-49-47-17-11-13-23-58(47)70-63(49)54/h10-33,36-38H,34-35H2,1-9H3. The van der Waals surface area contributed by atoms with Crippen molar-refractivity contribution in [1.82, 2.24) is 0 Å². The van der Waals surface area contributed by atoms with Crippen molar-refractivity contribution in [3.05, 3.63) is 192 Å². The van der Waals surface area contributed by atoms with Crippen LogP contribution in [-0.4, -0.2) is 0 Å². The Morgan fingerprint density at radius 2 is 0.914 bits per heavy atom. The maximum Gasteiger partial charge on any atom is 0.159 e. The van der Waals surface area contributed by atoms with Gasteiger partial charge in [-0.15, -0.1) is 0 Å². The SMILES string of the molecule is Cc1cc(N(c2ccc(C(C)(C)C)cc2)c2cccc3c2oc2ccccc23)c2cc3c4c(cc(N(c5ccc(C(C)(C)C)cc5)c5cccc6c5oc5ccccc56)c5ccc1c2c54)CCC3(C)C. The summed E-state index contributed by atoms with van der Waals surface area (Å²) < 4.78 is 13.8. The number of rotatable bonds is 6. The van der Waals surface area contributed by atoms with E-state index in [-0.39, 0.29) is 16.2 Å². The van der Waals surface area contributed by atoms with Crippen molar-refractivity contribution >= 4 is 110 Å². The van der Waals surface area contributed by atoms with Crippen LogP contribution in [0.2, 0.25) is 0 Å². The van der Waals surface area contributed by atoms with Gasteiger partial charge in [-0.25, -0.2) is 0 Å². The zero-order valence-corrected chi connectivity index (χ0v) is 41.7. The zero-order valence-electron chi connectivity index (χ0n) is 41.7. The van der Waals surface area contributed by atoms with Crippen molar-refractivity contribution in [2.24, 2.45) is 0 Å². The minimum atomic E-state index is -0.0657. The lowest BCUT2D eigenvalue weighted by Gasteiger charge is -2.37. The van der Waals surface area contributed by atoms with Gasteiger partial charge in [-0.2, -0.15) is 0 Å². The van der Waals surface area contributed by atoms with E-state index in [1.807, 2.05) is 0 Å². The number of aryl methyl sites for hydroxylation is 2. The van der Waals surface area contributed by atoms with E-state index in [1.54, 1.807) is 0 Å². The molecular formula is C66H58N2O2. The highest BCUT2D eigenvalue weighted by atomic mass is 16.3. The summed E-state index contributed by atoms with van der Waals surface area (Å²) in [7, 11) is 0. The van der Waals surface area contributed by atoms with Crippen LogP contribution >= 0.6 is 0 Å². The number of fused-ring (bicyclic) bond motifs is 6. The van der Waals surface area contributed by atoms with E-state index < -0.39 is 0 Å². The van der Waals surface area contributed by atoms with Crippen LogP contribution in [0.25, 0.3) is 76.2 Å². The average molecular weight is 911 g/mol. The lowest BCUT2D eigenvalue weighted by Crippen LogP contribution is -2.24. The lowest BCUT2D eigenvalue weighted by atomic mass is 9.70. The summed E-state index contributed by atoms with van der Waals surface area (Å²) in [4.78, 5) is 4.96. The van der Waals surface area contributed by atoms with E-state index in [1.165, 1.54) is 60.1 Å². The molecule has 0 spiro atoms. The molecule has 4 heteroatoms. The third kappa shape index (κ3) is 6.35. The molecule has 0 saturated heterocycles. The van der Waals surface area contributed by atoms with E-state index >= 15 is 0 Å². The Balaban J connectivity index is 1.15. The molecule has 12 aromatic rings. The van der Waals surface area contributed by atoms with Crippen molar-refractivity contribution in [2.45, 2.75) is 91.4 Å². The topological polar surface area (TPSA) is 32.8 Å². The van der Waals surface area contributed by atoms with Gasteiger partial charge < -0.3 is 18.6 Å². The molecule has 0 amide bonds. The molecule has 0 fully saturated rings. The molecule has 0 bridgehead atoms. The summed E-state index contributed by atoms with van der Waals surface area (Å²) in [6, 6.07) is 60.9. The van der Waals surface area contributed by atoms with Gasteiger partial charge >= 0.3 is 0 Å². The van der Waals surface area contributed by atoms with Crippen molar-refractivity contribution in [1.29, 1.82) is 0 Å². The Bertz CT molecular complexity index is 4060. The zero-order chi connectivity index (χ0) is 48.0. The van der Waals surface area contributed by atoms with E-state index in [0.717, 1.165) is 90.8 Å². The number of furan rings is 2. The molecule has 0 unspecified atom stereocenters. The van der Waals surface area contributed by atoms with Gasteiger partial charge in [0.2, 0.25) is 0 Å². The van der Waals surface area contributed by atoms with Crippen LogP contribution in [0, 0.1) is 6.92 Å². The molecule has 344 valence electrons. The number of hydrogen-bond donors (Lipinski definition) is 0. The second kappa shape index (κ2) is 15.0.